The number of ether oxygens (including phenoxy) is 1. The van der Waals surface area contributed by atoms with E-state index in [1.165, 1.54) is 7.11 Å². The normalized spacial score (nSPS) is 15.7. The molecule has 1 aliphatic rings. The molecular weight excluding hydrogens is 288 g/mol. The van der Waals surface area contributed by atoms with Crippen LogP contribution in [0.5, 0.6) is 0 Å². The summed E-state index contributed by atoms with van der Waals surface area (Å²) in [6, 6.07) is 6.71. The van der Waals surface area contributed by atoms with Gasteiger partial charge in [-0.15, -0.1) is 0 Å². The van der Waals surface area contributed by atoms with Crippen LogP contribution in [0.2, 0.25) is 0 Å². The number of rotatable bonds is 6. The minimum Gasteiger partial charge on any atom is -0.479 e. The van der Waals surface area contributed by atoms with E-state index in [1.807, 2.05) is 0 Å². The van der Waals surface area contributed by atoms with Crippen molar-refractivity contribution in [2.24, 2.45) is 0 Å². The first kappa shape index (κ1) is 16.0. The molecule has 1 unspecified atom stereocenters. The summed E-state index contributed by atoms with van der Waals surface area (Å²) in [5.41, 5.74) is 1.05. The zero-order chi connectivity index (χ0) is 16.1. The molecule has 0 saturated carbocycles. The van der Waals surface area contributed by atoms with Crippen molar-refractivity contribution in [2.45, 2.75) is 18.9 Å². The molecule has 0 radical (unpaired) electrons. The van der Waals surface area contributed by atoms with Crippen LogP contribution in [0.15, 0.2) is 24.3 Å². The molecule has 1 aliphatic heterocycles. The highest BCUT2D eigenvalue weighted by atomic mass is 16.5. The third-order valence-corrected chi connectivity index (χ3v) is 3.50. The molecule has 1 saturated heterocycles. The monoisotopic (exact) mass is 306 g/mol. The number of carbonyl (C=O) groups is 3. The van der Waals surface area contributed by atoms with E-state index in [1.54, 1.807) is 29.2 Å². The van der Waals surface area contributed by atoms with Crippen LogP contribution in [0.4, 0.5) is 5.69 Å². The quantitative estimate of drug-likeness (QED) is 0.804. The number of nitrogens with one attached hydrogen (secondary N) is 1. The smallest absolute Gasteiger partial charge is 0.334 e. The molecule has 0 spiro atoms. The molecule has 1 heterocycles. The number of carboxylic acid groups (broad SMARTS) is 1. The van der Waals surface area contributed by atoms with Gasteiger partial charge in [-0.05, 0) is 24.6 Å². The maximum absolute atomic E-state index is 12.1. The van der Waals surface area contributed by atoms with E-state index in [2.05, 4.69) is 5.32 Å². The summed E-state index contributed by atoms with van der Waals surface area (Å²) >= 11 is 0. The fraction of sp³-hybridized carbons (Fsp3) is 0.400. The Morgan fingerprint density at radius 2 is 2.23 bits per heavy atom. The van der Waals surface area contributed by atoms with Gasteiger partial charge in [-0.2, -0.15) is 0 Å². The predicted molar refractivity (Wildman–Crippen MR) is 78.8 cm³/mol. The van der Waals surface area contributed by atoms with E-state index in [-0.39, 0.29) is 12.5 Å². The average Bonchev–Trinajstić information content (AvgIpc) is 2.93. The Kier molecular flexibility index (Phi) is 5.11. The van der Waals surface area contributed by atoms with Gasteiger partial charge in [0.2, 0.25) is 5.91 Å². The van der Waals surface area contributed by atoms with Crippen molar-refractivity contribution in [3.8, 4) is 0 Å². The molecule has 1 fully saturated rings. The molecule has 7 nitrogen and oxygen atoms in total. The fourth-order valence-corrected chi connectivity index (χ4v) is 2.30. The van der Waals surface area contributed by atoms with Crippen molar-refractivity contribution in [1.29, 1.82) is 0 Å². The number of hydrogen-bond acceptors (Lipinski definition) is 4. The van der Waals surface area contributed by atoms with Gasteiger partial charge < -0.3 is 20.1 Å². The Morgan fingerprint density at radius 3 is 2.82 bits per heavy atom. The fourth-order valence-electron chi connectivity index (χ4n) is 2.30. The SMILES string of the molecule is COC(CNC(=O)c1cccc(N2CCCC2=O)c1)C(=O)O. The van der Waals surface area contributed by atoms with Crippen LogP contribution in [0.3, 0.4) is 0 Å². The average molecular weight is 306 g/mol. The third-order valence-electron chi connectivity index (χ3n) is 3.50. The van der Waals surface area contributed by atoms with Gasteiger partial charge in [0.15, 0.2) is 6.10 Å². The molecule has 7 heteroatoms. The van der Waals surface area contributed by atoms with Gasteiger partial charge in [0.25, 0.3) is 5.91 Å². The highest BCUT2D eigenvalue weighted by Crippen LogP contribution is 2.22. The minimum absolute atomic E-state index is 0.0443. The summed E-state index contributed by atoms with van der Waals surface area (Å²) in [5, 5.41) is 11.4. The number of nitrogens with zero attached hydrogens (tertiary/aromatic N) is 1. The van der Waals surface area contributed by atoms with E-state index < -0.39 is 18.0 Å². The highest BCUT2D eigenvalue weighted by molar-refractivity contribution is 5.99. The van der Waals surface area contributed by atoms with Gasteiger partial charge in [0, 0.05) is 31.3 Å². The maximum atomic E-state index is 12.1. The first-order valence-electron chi connectivity index (χ1n) is 6.97. The molecule has 1 aromatic rings. The molecule has 2 N–H and O–H groups in total. The van der Waals surface area contributed by atoms with Crippen LogP contribution >= 0.6 is 0 Å². The number of amides is 2. The third kappa shape index (κ3) is 3.62. The van der Waals surface area contributed by atoms with Crippen LogP contribution < -0.4 is 10.2 Å². The summed E-state index contributed by atoms with van der Waals surface area (Å²) in [4.78, 5) is 36.3. The van der Waals surface area contributed by atoms with Crippen molar-refractivity contribution < 1.29 is 24.2 Å². The van der Waals surface area contributed by atoms with Crippen LogP contribution in [-0.2, 0) is 14.3 Å². The molecule has 1 aromatic carbocycles. The first-order valence-corrected chi connectivity index (χ1v) is 6.97. The number of carboxylic acids is 1. The Morgan fingerprint density at radius 1 is 1.45 bits per heavy atom. The molecule has 1 atom stereocenters. The van der Waals surface area contributed by atoms with Gasteiger partial charge in [-0.25, -0.2) is 4.79 Å². The lowest BCUT2D eigenvalue weighted by Gasteiger charge is -2.17. The molecule has 2 amide bonds. The molecule has 0 bridgehead atoms. The summed E-state index contributed by atoms with van der Waals surface area (Å²) < 4.78 is 4.75. The van der Waals surface area contributed by atoms with E-state index in [0.717, 1.165) is 6.42 Å². The van der Waals surface area contributed by atoms with Gasteiger partial charge >= 0.3 is 5.97 Å². The van der Waals surface area contributed by atoms with Crippen molar-refractivity contribution in [3.63, 3.8) is 0 Å². The minimum atomic E-state index is -1.14. The second-order valence-electron chi connectivity index (χ2n) is 4.97. The number of methoxy groups -OCH3 is 1. The number of aliphatic carboxylic acids is 1. The number of hydrogen-bond donors (Lipinski definition) is 2. The summed E-state index contributed by atoms with van der Waals surface area (Å²) in [6.45, 7) is 0.520. The lowest BCUT2D eigenvalue weighted by Crippen LogP contribution is -2.37. The Labute approximate surface area is 127 Å². The molecule has 22 heavy (non-hydrogen) atoms. The Bertz CT molecular complexity index is 587. The molecule has 2 rings (SSSR count). The molecule has 0 aliphatic carbocycles. The van der Waals surface area contributed by atoms with Gasteiger partial charge in [-0.3, -0.25) is 9.59 Å². The van der Waals surface area contributed by atoms with Crippen molar-refractivity contribution in [1.82, 2.24) is 5.32 Å². The zero-order valence-corrected chi connectivity index (χ0v) is 12.2. The topological polar surface area (TPSA) is 95.9 Å². The lowest BCUT2D eigenvalue weighted by molar-refractivity contribution is -0.148. The zero-order valence-electron chi connectivity index (χ0n) is 12.2. The number of benzene rings is 1. The second kappa shape index (κ2) is 7.04. The van der Waals surface area contributed by atoms with Gasteiger partial charge in [-0.1, -0.05) is 6.07 Å². The second-order valence-corrected chi connectivity index (χ2v) is 4.97. The summed E-state index contributed by atoms with van der Waals surface area (Å²) in [5.74, 6) is -1.50. The molecular formula is C15H18N2O5. The predicted octanol–water partition coefficient (Wildman–Crippen LogP) is 0.643. The van der Waals surface area contributed by atoms with Gasteiger partial charge in [0.05, 0.1) is 6.54 Å². The van der Waals surface area contributed by atoms with Crippen molar-refractivity contribution in [2.75, 3.05) is 25.1 Å². The van der Waals surface area contributed by atoms with Gasteiger partial charge in [0.1, 0.15) is 0 Å². The molecule has 0 aromatic heterocycles. The highest BCUT2D eigenvalue weighted by Gasteiger charge is 2.22. The maximum Gasteiger partial charge on any atom is 0.334 e. The van der Waals surface area contributed by atoms with Crippen LogP contribution in [-0.4, -0.2) is 49.2 Å². The lowest BCUT2D eigenvalue weighted by atomic mass is 10.1. The molecule has 118 valence electrons. The number of carbonyl (C=O) groups excluding carboxylic acids is 2. The standard InChI is InChI=1S/C15H18N2O5/c1-22-12(15(20)21)9-16-14(19)10-4-2-5-11(8-10)17-7-3-6-13(17)18/h2,4-5,8,12H,3,6-7,9H2,1H3,(H,16,19)(H,20,21). The van der Waals surface area contributed by atoms with Crippen molar-refractivity contribution in [3.05, 3.63) is 29.8 Å². The van der Waals surface area contributed by atoms with Crippen LogP contribution in [0, 0.1) is 0 Å². The largest absolute Gasteiger partial charge is 0.479 e. The summed E-state index contributed by atoms with van der Waals surface area (Å²) in [6.07, 6.45) is 0.237. The Balaban J connectivity index is 2.04. The van der Waals surface area contributed by atoms with Crippen LogP contribution in [0.1, 0.15) is 23.2 Å². The summed E-state index contributed by atoms with van der Waals surface area (Å²) in [7, 11) is 1.27. The van der Waals surface area contributed by atoms with Crippen LogP contribution in [0.25, 0.3) is 0 Å². The van der Waals surface area contributed by atoms with E-state index in [4.69, 9.17) is 9.84 Å². The van der Waals surface area contributed by atoms with Crippen molar-refractivity contribution >= 4 is 23.5 Å². The van der Waals surface area contributed by atoms with E-state index in [9.17, 15) is 14.4 Å². The van der Waals surface area contributed by atoms with E-state index >= 15 is 0 Å². The number of anilines is 1. The van der Waals surface area contributed by atoms with E-state index in [0.29, 0.717) is 24.2 Å². The first-order chi connectivity index (χ1) is 10.5. The Hall–Kier alpha value is -2.41.